The molecule has 0 atom stereocenters. The predicted octanol–water partition coefficient (Wildman–Crippen LogP) is 2.97. The maximum absolute atomic E-state index is 3.25. The van der Waals surface area contributed by atoms with E-state index in [1.54, 1.807) is 11.3 Å². The van der Waals surface area contributed by atoms with Gasteiger partial charge in [0.15, 0.2) is 0 Å². The average molecular weight is 226 g/mol. The van der Waals surface area contributed by atoms with Gasteiger partial charge in [-0.05, 0) is 0 Å². The van der Waals surface area contributed by atoms with Gasteiger partial charge in [0.05, 0.1) is 0 Å². The minimum atomic E-state index is 0. The van der Waals surface area contributed by atoms with Crippen molar-refractivity contribution in [2.24, 2.45) is 0 Å². The third kappa shape index (κ3) is 15.7. The van der Waals surface area contributed by atoms with E-state index in [-0.39, 0.29) is 31.9 Å². The predicted molar refractivity (Wildman–Crippen MR) is 46.0 cm³/mol. The van der Waals surface area contributed by atoms with E-state index in [0.29, 0.717) is 0 Å². The van der Waals surface area contributed by atoms with Crippen LogP contribution in [0.2, 0.25) is 0 Å². The standard InChI is InChI=1S/C4H3S.C3H5.ClH.Zn/c1-2-4-5-3-1;1-3-2;;/h1-3H;3H,1-2H2;1H;/q2*-1;;+2. The van der Waals surface area contributed by atoms with Crippen LogP contribution in [0.5, 0.6) is 0 Å². The van der Waals surface area contributed by atoms with Gasteiger partial charge in [-0.15, -0.1) is 17.8 Å². The summed E-state index contributed by atoms with van der Waals surface area (Å²) >= 11 is 1.59. The Morgan fingerprint density at radius 1 is 1.60 bits per heavy atom. The molecule has 52 valence electrons. The van der Waals surface area contributed by atoms with Gasteiger partial charge in [0, 0.05) is 0 Å². The van der Waals surface area contributed by atoms with Gasteiger partial charge < -0.3 is 11.3 Å². The van der Waals surface area contributed by atoms with E-state index in [1.165, 1.54) is 6.08 Å². The molecule has 0 amide bonds. The zero-order valence-electron chi connectivity index (χ0n) is 5.75. The van der Waals surface area contributed by atoms with Crippen LogP contribution in [0.3, 0.4) is 0 Å². The summed E-state index contributed by atoms with van der Waals surface area (Å²) in [7, 11) is 0. The second-order valence-corrected chi connectivity index (χ2v) is 1.76. The van der Waals surface area contributed by atoms with Crippen molar-refractivity contribution >= 4 is 23.7 Å². The third-order valence-corrected chi connectivity index (χ3v) is 0.944. The first kappa shape index (κ1) is 16.7. The molecule has 0 unspecified atom stereocenters. The summed E-state index contributed by atoms with van der Waals surface area (Å²) in [6.45, 7) is 6.50. The summed E-state index contributed by atoms with van der Waals surface area (Å²) in [5.74, 6) is 0. The first-order chi connectivity index (χ1) is 3.91. The van der Waals surface area contributed by atoms with Gasteiger partial charge in [-0.25, -0.2) is 25.6 Å². The van der Waals surface area contributed by atoms with Crippen LogP contribution in [-0.2, 0) is 19.5 Å². The Kier molecular flexibility index (Phi) is 26.8. The summed E-state index contributed by atoms with van der Waals surface area (Å²) in [4.78, 5) is 0. The molecule has 1 heterocycles. The minimum Gasteiger partial charge on any atom is -0.304 e. The smallest absolute Gasteiger partial charge is 0.304 e. The van der Waals surface area contributed by atoms with Crippen LogP contribution >= 0.6 is 23.7 Å². The number of hydrogen-bond donors (Lipinski definition) is 0. The van der Waals surface area contributed by atoms with Crippen LogP contribution in [-0.4, -0.2) is 0 Å². The van der Waals surface area contributed by atoms with E-state index in [2.05, 4.69) is 18.9 Å². The van der Waals surface area contributed by atoms with Crippen LogP contribution in [0, 0.1) is 12.3 Å². The summed E-state index contributed by atoms with van der Waals surface area (Å²) < 4.78 is 0. The summed E-state index contributed by atoms with van der Waals surface area (Å²) in [6, 6.07) is 3.86. The van der Waals surface area contributed by atoms with Gasteiger partial charge in [-0.3, -0.25) is 0 Å². The van der Waals surface area contributed by atoms with E-state index in [0.717, 1.165) is 0 Å². The molecule has 0 N–H and O–H groups in total. The van der Waals surface area contributed by atoms with Gasteiger partial charge in [-0.2, -0.15) is 11.4 Å². The van der Waals surface area contributed by atoms with E-state index >= 15 is 0 Å². The first-order valence-electron chi connectivity index (χ1n) is 2.21. The molecule has 0 radical (unpaired) electrons. The SMILES string of the molecule is C=C[CH2-].Cl.[Zn+2].[c-]1cccs1. The van der Waals surface area contributed by atoms with E-state index < -0.39 is 0 Å². The zero-order chi connectivity index (χ0) is 6.24. The number of hydrogen-bond acceptors (Lipinski definition) is 1. The van der Waals surface area contributed by atoms with Crippen molar-refractivity contribution in [2.45, 2.75) is 0 Å². The van der Waals surface area contributed by atoms with Crippen molar-refractivity contribution in [3.05, 3.63) is 42.5 Å². The van der Waals surface area contributed by atoms with Gasteiger partial charge in [-0.1, -0.05) is 0 Å². The average Bonchev–Trinajstić information content (AvgIpc) is 2.17. The molecule has 1 aromatic heterocycles. The Morgan fingerprint density at radius 2 is 2.10 bits per heavy atom. The molecule has 0 nitrogen and oxygen atoms in total. The van der Waals surface area contributed by atoms with Crippen LogP contribution in [0.4, 0.5) is 0 Å². The molecule has 0 fully saturated rings. The Balaban J connectivity index is -0.0000000900. The number of allylic oxidation sites excluding steroid dienone is 1. The zero-order valence-corrected chi connectivity index (χ0v) is 10.3. The second kappa shape index (κ2) is 16.1. The largest absolute Gasteiger partial charge is 2.00 e. The molecule has 0 aliphatic carbocycles. The van der Waals surface area contributed by atoms with Crippen LogP contribution < -0.4 is 0 Å². The summed E-state index contributed by atoms with van der Waals surface area (Å²) in [6.07, 6.45) is 1.50. The molecule has 1 rings (SSSR count). The van der Waals surface area contributed by atoms with Gasteiger partial charge in [0.25, 0.3) is 0 Å². The first-order valence-corrected chi connectivity index (χ1v) is 3.09. The fourth-order valence-electron chi connectivity index (χ4n) is 0.196. The number of thiophene rings is 1. The fourth-order valence-corrected chi connectivity index (χ4v) is 0.589. The van der Waals surface area contributed by atoms with Gasteiger partial charge >= 0.3 is 19.5 Å². The van der Waals surface area contributed by atoms with Gasteiger partial charge in [0.2, 0.25) is 0 Å². The number of rotatable bonds is 0. The van der Waals surface area contributed by atoms with Crippen LogP contribution in [0.15, 0.2) is 30.2 Å². The third-order valence-electron chi connectivity index (χ3n) is 0.379. The van der Waals surface area contributed by atoms with Crippen molar-refractivity contribution in [1.82, 2.24) is 0 Å². The molecular weight excluding hydrogens is 217 g/mol. The molecule has 0 bridgehead atoms. The van der Waals surface area contributed by atoms with Crippen LogP contribution in [0.1, 0.15) is 0 Å². The van der Waals surface area contributed by atoms with E-state index in [4.69, 9.17) is 0 Å². The molecule has 0 aliphatic rings. The summed E-state index contributed by atoms with van der Waals surface area (Å²) in [5, 5.41) is 4.89. The summed E-state index contributed by atoms with van der Waals surface area (Å²) in [5.41, 5.74) is 0. The molecule has 1 aromatic rings. The van der Waals surface area contributed by atoms with Crippen molar-refractivity contribution in [3.8, 4) is 0 Å². The molecular formula is C7H9ClSZn. The minimum absolute atomic E-state index is 0. The molecule has 0 aromatic carbocycles. The van der Waals surface area contributed by atoms with Gasteiger partial charge in [0.1, 0.15) is 0 Å². The Labute approximate surface area is 85.5 Å². The quantitative estimate of drug-likeness (QED) is 0.471. The Bertz CT molecular complexity index is 99.9. The Morgan fingerprint density at radius 3 is 2.20 bits per heavy atom. The van der Waals surface area contributed by atoms with Crippen molar-refractivity contribution < 1.29 is 19.5 Å². The van der Waals surface area contributed by atoms with Crippen molar-refractivity contribution in [3.63, 3.8) is 0 Å². The topological polar surface area (TPSA) is 0 Å². The fraction of sp³-hybridized carbons (Fsp3) is 0. The molecule has 0 aliphatic heterocycles. The Hall–Kier alpha value is 0.223. The maximum Gasteiger partial charge on any atom is 2.00 e. The number of halogens is 1. The van der Waals surface area contributed by atoms with Crippen molar-refractivity contribution in [1.29, 1.82) is 0 Å². The molecule has 0 saturated carbocycles. The second-order valence-electron chi connectivity index (χ2n) is 1.02. The molecule has 10 heavy (non-hydrogen) atoms. The monoisotopic (exact) mass is 224 g/mol. The van der Waals surface area contributed by atoms with E-state index in [1.807, 2.05) is 17.5 Å². The normalized spacial score (nSPS) is 5.20. The molecule has 0 spiro atoms. The molecule has 0 saturated heterocycles. The van der Waals surface area contributed by atoms with Crippen LogP contribution in [0.25, 0.3) is 0 Å². The van der Waals surface area contributed by atoms with Crippen molar-refractivity contribution in [2.75, 3.05) is 0 Å². The maximum atomic E-state index is 3.25. The molecule has 3 heteroatoms. The van der Waals surface area contributed by atoms with E-state index in [9.17, 15) is 0 Å².